The average molecular weight is 279 g/mol. The maximum Gasteiger partial charge on any atom is 0.0624 e. The quantitative estimate of drug-likeness (QED) is 0.779. The molecule has 2 rings (SSSR count). The minimum Gasteiger partial charge on any atom is -0.378 e. The van der Waals surface area contributed by atoms with Crippen LogP contribution in [0.25, 0.3) is 0 Å². The molecular weight excluding hydrogens is 250 g/mol. The molecule has 0 saturated carbocycles. The molecule has 4 nitrogen and oxygen atoms in total. The van der Waals surface area contributed by atoms with Crippen molar-refractivity contribution in [2.24, 2.45) is 12.5 Å². The lowest BCUT2D eigenvalue weighted by Gasteiger charge is -2.32. The highest BCUT2D eigenvalue weighted by atomic mass is 16.5. The van der Waals surface area contributed by atoms with Crippen molar-refractivity contribution >= 4 is 0 Å². The van der Waals surface area contributed by atoms with Gasteiger partial charge in [0.25, 0.3) is 0 Å². The smallest absolute Gasteiger partial charge is 0.0624 e. The summed E-state index contributed by atoms with van der Waals surface area (Å²) in [6.07, 6.45) is 4.68. The highest BCUT2D eigenvalue weighted by Crippen LogP contribution is 2.37. The van der Waals surface area contributed by atoms with E-state index < -0.39 is 0 Å². The summed E-state index contributed by atoms with van der Waals surface area (Å²) < 4.78 is 7.92. The van der Waals surface area contributed by atoms with E-state index in [1.54, 1.807) is 0 Å². The van der Waals surface area contributed by atoms with E-state index in [0.29, 0.717) is 6.10 Å². The zero-order valence-electron chi connectivity index (χ0n) is 13.4. The van der Waals surface area contributed by atoms with Gasteiger partial charge in [0.15, 0.2) is 0 Å². The Kier molecular flexibility index (Phi) is 5.22. The first-order chi connectivity index (χ1) is 9.61. The second kappa shape index (κ2) is 6.72. The summed E-state index contributed by atoms with van der Waals surface area (Å²) in [5.74, 6) is 0. The number of aryl methyl sites for hydroxylation is 2. The number of ether oxygens (including phenoxy) is 1. The molecule has 1 saturated heterocycles. The van der Waals surface area contributed by atoms with Gasteiger partial charge in [0.05, 0.1) is 11.8 Å². The molecule has 2 atom stereocenters. The predicted molar refractivity (Wildman–Crippen MR) is 81.9 cm³/mol. The van der Waals surface area contributed by atoms with Gasteiger partial charge in [-0.1, -0.05) is 13.8 Å². The van der Waals surface area contributed by atoms with Crippen molar-refractivity contribution < 1.29 is 4.74 Å². The molecule has 2 unspecified atom stereocenters. The molecule has 0 amide bonds. The largest absolute Gasteiger partial charge is 0.378 e. The van der Waals surface area contributed by atoms with Crippen LogP contribution < -0.4 is 5.32 Å². The summed E-state index contributed by atoms with van der Waals surface area (Å²) in [7, 11) is 2.06. The van der Waals surface area contributed by atoms with Crippen LogP contribution in [-0.4, -0.2) is 35.6 Å². The van der Waals surface area contributed by atoms with Gasteiger partial charge < -0.3 is 10.1 Å². The zero-order chi connectivity index (χ0) is 14.6. The van der Waals surface area contributed by atoms with Crippen LogP contribution in [0, 0.1) is 5.41 Å². The van der Waals surface area contributed by atoms with Crippen LogP contribution in [0.4, 0.5) is 0 Å². The fourth-order valence-corrected chi connectivity index (χ4v) is 3.13. The summed E-state index contributed by atoms with van der Waals surface area (Å²) in [5, 5.41) is 8.18. The van der Waals surface area contributed by atoms with Gasteiger partial charge in [0, 0.05) is 31.3 Å². The van der Waals surface area contributed by atoms with E-state index in [1.807, 2.05) is 4.68 Å². The maximum absolute atomic E-state index is 5.88. The molecular formula is C16H29N3O. The molecule has 2 heterocycles. The van der Waals surface area contributed by atoms with Crippen molar-refractivity contribution in [2.75, 3.05) is 19.7 Å². The summed E-state index contributed by atoms with van der Waals surface area (Å²) >= 11 is 0. The number of nitrogens with zero attached hydrogens (tertiary/aromatic N) is 2. The van der Waals surface area contributed by atoms with Gasteiger partial charge in [0.2, 0.25) is 0 Å². The summed E-state index contributed by atoms with van der Waals surface area (Å²) in [6, 6.07) is 2.26. The molecule has 114 valence electrons. The molecule has 1 aliphatic rings. The van der Waals surface area contributed by atoms with E-state index in [4.69, 9.17) is 4.74 Å². The zero-order valence-corrected chi connectivity index (χ0v) is 13.4. The van der Waals surface area contributed by atoms with Crippen molar-refractivity contribution in [3.8, 4) is 0 Å². The first-order valence-electron chi connectivity index (χ1n) is 7.95. The molecule has 0 radical (unpaired) electrons. The standard InChI is InChI=1S/C16H29N3O/c1-5-8-17-12-16(7-9-20-13(16)3)11-15-10-14(6-2)18-19(15)4/h10,13,17H,5-9,11-12H2,1-4H3. The Balaban J connectivity index is 2.12. The third kappa shape index (κ3) is 3.23. The monoisotopic (exact) mass is 279 g/mol. The van der Waals surface area contributed by atoms with Crippen LogP contribution in [0.5, 0.6) is 0 Å². The predicted octanol–water partition coefficient (Wildman–Crippen LogP) is 2.32. The molecule has 0 spiro atoms. The Hall–Kier alpha value is -0.870. The van der Waals surface area contributed by atoms with Gasteiger partial charge in [-0.25, -0.2) is 0 Å². The number of nitrogens with one attached hydrogen (secondary N) is 1. The minimum atomic E-state index is 0.216. The van der Waals surface area contributed by atoms with Gasteiger partial charge in [-0.05, 0) is 45.2 Å². The lowest BCUT2D eigenvalue weighted by molar-refractivity contribution is 0.0622. The number of rotatable bonds is 7. The number of aromatic nitrogens is 2. The summed E-state index contributed by atoms with van der Waals surface area (Å²) in [6.45, 7) is 9.59. The molecule has 0 aliphatic carbocycles. The van der Waals surface area contributed by atoms with E-state index in [-0.39, 0.29) is 5.41 Å². The van der Waals surface area contributed by atoms with Crippen LogP contribution in [0.3, 0.4) is 0 Å². The first kappa shape index (κ1) is 15.5. The fourth-order valence-electron chi connectivity index (χ4n) is 3.13. The molecule has 0 bridgehead atoms. The maximum atomic E-state index is 5.88. The molecule has 20 heavy (non-hydrogen) atoms. The lowest BCUT2D eigenvalue weighted by Crippen LogP contribution is -2.42. The molecule has 1 N–H and O–H groups in total. The normalized spacial score (nSPS) is 26.3. The van der Waals surface area contributed by atoms with E-state index in [2.05, 4.69) is 44.3 Å². The first-order valence-corrected chi connectivity index (χ1v) is 7.95. The molecule has 1 aromatic rings. The second-order valence-corrected chi connectivity index (χ2v) is 6.08. The SMILES string of the molecule is CCCNCC1(Cc2cc(CC)nn2C)CCOC1C. The summed E-state index contributed by atoms with van der Waals surface area (Å²) in [5.41, 5.74) is 2.73. The Morgan fingerprint density at radius 2 is 2.30 bits per heavy atom. The van der Waals surface area contributed by atoms with Gasteiger partial charge >= 0.3 is 0 Å². The number of hydrogen-bond donors (Lipinski definition) is 1. The topological polar surface area (TPSA) is 39.1 Å². The minimum absolute atomic E-state index is 0.216. The second-order valence-electron chi connectivity index (χ2n) is 6.08. The van der Waals surface area contributed by atoms with Crippen molar-refractivity contribution in [1.82, 2.24) is 15.1 Å². The Labute approximate surface area is 122 Å². The van der Waals surface area contributed by atoms with Gasteiger partial charge in [-0.15, -0.1) is 0 Å². The molecule has 1 aliphatic heterocycles. The van der Waals surface area contributed by atoms with Crippen molar-refractivity contribution in [3.05, 3.63) is 17.5 Å². The highest BCUT2D eigenvalue weighted by molar-refractivity contribution is 5.14. The van der Waals surface area contributed by atoms with E-state index >= 15 is 0 Å². The molecule has 1 fully saturated rings. The van der Waals surface area contributed by atoms with Gasteiger partial charge in [0.1, 0.15) is 0 Å². The van der Waals surface area contributed by atoms with Crippen LogP contribution in [-0.2, 0) is 24.6 Å². The molecule has 4 heteroatoms. The Morgan fingerprint density at radius 1 is 1.50 bits per heavy atom. The third-order valence-electron chi connectivity index (χ3n) is 4.66. The van der Waals surface area contributed by atoms with E-state index in [9.17, 15) is 0 Å². The molecule has 1 aromatic heterocycles. The highest BCUT2D eigenvalue weighted by Gasteiger charge is 2.41. The van der Waals surface area contributed by atoms with E-state index in [0.717, 1.165) is 39.0 Å². The Morgan fingerprint density at radius 3 is 2.85 bits per heavy atom. The van der Waals surface area contributed by atoms with Crippen molar-refractivity contribution in [1.29, 1.82) is 0 Å². The van der Waals surface area contributed by atoms with Crippen molar-refractivity contribution in [3.63, 3.8) is 0 Å². The van der Waals surface area contributed by atoms with Crippen LogP contribution in [0.15, 0.2) is 6.07 Å². The van der Waals surface area contributed by atoms with E-state index in [1.165, 1.54) is 17.8 Å². The Bertz CT molecular complexity index is 429. The lowest BCUT2D eigenvalue weighted by atomic mass is 9.77. The average Bonchev–Trinajstić information content (AvgIpc) is 2.96. The molecule has 0 aromatic carbocycles. The fraction of sp³-hybridized carbons (Fsp3) is 0.812. The summed E-state index contributed by atoms with van der Waals surface area (Å²) in [4.78, 5) is 0. The van der Waals surface area contributed by atoms with Gasteiger partial charge in [-0.3, -0.25) is 4.68 Å². The van der Waals surface area contributed by atoms with Crippen LogP contribution >= 0.6 is 0 Å². The van der Waals surface area contributed by atoms with Gasteiger partial charge in [-0.2, -0.15) is 5.10 Å². The number of hydrogen-bond acceptors (Lipinski definition) is 3. The van der Waals surface area contributed by atoms with Crippen LogP contribution in [0.1, 0.15) is 45.0 Å². The third-order valence-corrected chi connectivity index (χ3v) is 4.66. The van der Waals surface area contributed by atoms with Crippen LogP contribution in [0.2, 0.25) is 0 Å². The van der Waals surface area contributed by atoms with Crippen molar-refractivity contribution in [2.45, 2.75) is 52.6 Å².